The Morgan fingerprint density at radius 3 is 2.91 bits per heavy atom. The van der Waals surface area contributed by atoms with E-state index in [1.807, 2.05) is 25.1 Å². The molecule has 182 valence electrons. The highest BCUT2D eigenvalue weighted by atomic mass is 35.5. The zero-order valence-corrected chi connectivity index (χ0v) is 20.0. The number of benzene rings is 1. The number of nitrogens with one attached hydrogen (secondary N) is 1. The second-order valence-corrected chi connectivity index (χ2v) is 10.6. The molecule has 8 heteroatoms. The molecular formula is C26H29ClF3N3O. The highest BCUT2D eigenvalue weighted by Gasteiger charge is 2.56. The van der Waals surface area contributed by atoms with Crippen molar-refractivity contribution in [2.24, 2.45) is 11.3 Å². The summed E-state index contributed by atoms with van der Waals surface area (Å²) in [6.07, 6.45) is 1.57. The molecule has 2 saturated carbocycles. The number of aromatic nitrogens is 1. The van der Waals surface area contributed by atoms with Crippen molar-refractivity contribution in [3.63, 3.8) is 0 Å². The number of aryl methyl sites for hydroxylation is 1. The van der Waals surface area contributed by atoms with Gasteiger partial charge in [-0.1, -0.05) is 30.2 Å². The van der Waals surface area contributed by atoms with Crippen molar-refractivity contribution in [3.05, 3.63) is 63.4 Å². The summed E-state index contributed by atoms with van der Waals surface area (Å²) in [5.41, 5.74) is 2.18. The standard InChI is InChI=1S/C26H29ClF3N3O/c1-16-4-5-17(22(27)9-16)13-31-21-11-19-3-2-7-25(19,12-21)24(34)33-8-6-23-18(15-33)10-20(14-32-23)26(28,29)30/h4-5,9-10,14,19,21,31H,2-3,6-8,11-13,15H2,1H3. The summed E-state index contributed by atoms with van der Waals surface area (Å²) in [5.74, 6) is 0.419. The van der Waals surface area contributed by atoms with E-state index in [0.29, 0.717) is 36.7 Å². The van der Waals surface area contributed by atoms with Crippen molar-refractivity contribution in [2.75, 3.05) is 6.54 Å². The molecule has 3 aliphatic rings. The number of alkyl halides is 3. The van der Waals surface area contributed by atoms with Crippen molar-refractivity contribution in [1.29, 1.82) is 0 Å². The van der Waals surface area contributed by atoms with Gasteiger partial charge in [0.25, 0.3) is 0 Å². The van der Waals surface area contributed by atoms with Crippen molar-refractivity contribution in [3.8, 4) is 0 Å². The average molecular weight is 492 g/mol. The van der Waals surface area contributed by atoms with Crippen LogP contribution in [0.4, 0.5) is 13.2 Å². The summed E-state index contributed by atoms with van der Waals surface area (Å²) in [4.78, 5) is 19.7. The van der Waals surface area contributed by atoms with Crippen molar-refractivity contribution >= 4 is 17.5 Å². The van der Waals surface area contributed by atoms with Crippen molar-refractivity contribution < 1.29 is 18.0 Å². The maximum absolute atomic E-state index is 13.8. The first-order chi connectivity index (χ1) is 16.2. The third-order valence-electron chi connectivity index (χ3n) is 8.01. The van der Waals surface area contributed by atoms with Crippen LogP contribution in [-0.4, -0.2) is 28.4 Å². The third kappa shape index (κ3) is 4.33. The normalized spacial score (nSPS) is 26.4. The van der Waals surface area contributed by atoms with Gasteiger partial charge in [-0.15, -0.1) is 0 Å². The summed E-state index contributed by atoms with van der Waals surface area (Å²) in [6.45, 7) is 3.38. The SMILES string of the molecule is Cc1ccc(CNC2CC3CCCC3(C(=O)N3CCc4ncc(C(F)(F)F)cc4C3)C2)c(Cl)c1. The van der Waals surface area contributed by atoms with E-state index in [4.69, 9.17) is 11.6 Å². The van der Waals surface area contributed by atoms with Gasteiger partial charge >= 0.3 is 6.18 Å². The molecule has 1 N–H and O–H groups in total. The predicted octanol–water partition coefficient (Wildman–Crippen LogP) is 5.69. The summed E-state index contributed by atoms with van der Waals surface area (Å²) < 4.78 is 39.5. The molecule has 2 aromatic rings. The van der Waals surface area contributed by atoms with E-state index in [-0.39, 0.29) is 18.5 Å². The minimum absolute atomic E-state index is 0.107. The summed E-state index contributed by atoms with van der Waals surface area (Å²) in [6, 6.07) is 7.43. The molecule has 2 fully saturated rings. The highest BCUT2D eigenvalue weighted by Crippen LogP contribution is 2.55. The minimum atomic E-state index is -4.44. The third-order valence-corrected chi connectivity index (χ3v) is 8.36. The van der Waals surface area contributed by atoms with E-state index in [0.717, 1.165) is 60.5 Å². The Morgan fingerprint density at radius 1 is 1.32 bits per heavy atom. The number of nitrogens with zero attached hydrogens (tertiary/aromatic N) is 2. The average Bonchev–Trinajstić information content (AvgIpc) is 3.35. The monoisotopic (exact) mass is 491 g/mol. The van der Waals surface area contributed by atoms with Gasteiger partial charge in [-0.05, 0) is 67.3 Å². The fraction of sp³-hybridized carbons (Fsp3) is 0.538. The molecule has 0 bridgehead atoms. The molecule has 34 heavy (non-hydrogen) atoms. The van der Waals surface area contributed by atoms with E-state index in [2.05, 4.69) is 10.3 Å². The van der Waals surface area contributed by atoms with Gasteiger partial charge in [0, 0.05) is 49.0 Å². The molecule has 5 rings (SSSR count). The van der Waals surface area contributed by atoms with Gasteiger partial charge in [0.1, 0.15) is 0 Å². The number of hydrogen-bond acceptors (Lipinski definition) is 3. The topological polar surface area (TPSA) is 45.2 Å². The Bertz CT molecular complexity index is 1110. The fourth-order valence-corrected chi connectivity index (χ4v) is 6.57. The molecule has 1 aliphatic heterocycles. The first-order valence-electron chi connectivity index (χ1n) is 12.0. The fourth-order valence-electron chi connectivity index (χ4n) is 6.27. The largest absolute Gasteiger partial charge is 0.417 e. The maximum atomic E-state index is 13.8. The van der Waals surface area contributed by atoms with Gasteiger partial charge in [0.05, 0.1) is 11.0 Å². The second-order valence-electron chi connectivity index (χ2n) is 10.2. The lowest BCUT2D eigenvalue weighted by Gasteiger charge is -2.37. The maximum Gasteiger partial charge on any atom is 0.417 e. The Balaban J connectivity index is 1.29. The molecule has 1 aromatic heterocycles. The van der Waals surface area contributed by atoms with Crippen LogP contribution in [0.5, 0.6) is 0 Å². The number of carbonyl (C=O) groups is 1. The molecule has 1 aromatic carbocycles. The van der Waals surface area contributed by atoms with E-state index in [1.54, 1.807) is 4.90 Å². The van der Waals surface area contributed by atoms with Crippen LogP contribution >= 0.6 is 11.6 Å². The van der Waals surface area contributed by atoms with E-state index < -0.39 is 17.2 Å². The van der Waals surface area contributed by atoms with Gasteiger partial charge in [-0.2, -0.15) is 13.2 Å². The highest BCUT2D eigenvalue weighted by molar-refractivity contribution is 6.31. The van der Waals surface area contributed by atoms with E-state index in [1.165, 1.54) is 0 Å². The first-order valence-corrected chi connectivity index (χ1v) is 12.4. The lowest BCUT2D eigenvalue weighted by Crippen LogP contribution is -2.46. The van der Waals surface area contributed by atoms with Crippen LogP contribution in [0.1, 0.15) is 60.1 Å². The zero-order valence-electron chi connectivity index (χ0n) is 19.2. The number of pyridine rings is 1. The van der Waals surface area contributed by atoms with Gasteiger partial charge in [0.15, 0.2) is 0 Å². The minimum Gasteiger partial charge on any atom is -0.337 e. The number of carbonyl (C=O) groups excluding carboxylic acids is 1. The Hall–Kier alpha value is -2.12. The Kier molecular flexibility index (Phi) is 6.13. The molecule has 2 aliphatic carbocycles. The number of hydrogen-bond donors (Lipinski definition) is 1. The van der Waals surface area contributed by atoms with Crippen LogP contribution in [0.3, 0.4) is 0 Å². The molecule has 4 nitrogen and oxygen atoms in total. The second kappa shape index (κ2) is 8.83. The van der Waals surface area contributed by atoms with Gasteiger partial charge < -0.3 is 10.2 Å². The van der Waals surface area contributed by atoms with Crippen LogP contribution < -0.4 is 5.32 Å². The Labute approximate surface area is 202 Å². The molecular weight excluding hydrogens is 463 g/mol. The number of amides is 1. The molecule has 3 unspecified atom stereocenters. The molecule has 0 saturated heterocycles. The molecule has 1 amide bonds. The van der Waals surface area contributed by atoms with Crippen LogP contribution in [0, 0.1) is 18.3 Å². The Morgan fingerprint density at radius 2 is 2.15 bits per heavy atom. The summed E-state index contributed by atoms with van der Waals surface area (Å²) in [5, 5.41) is 4.36. The summed E-state index contributed by atoms with van der Waals surface area (Å²) in [7, 11) is 0. The number of fused-ring (bicyclic) bond motifs is 2. The smallest absolute Gasteiger partial charge is 0.337 e. The zero-order chi connectivity index (χ0) is 24.1. The first kappa shape index (κ1) is 23.6. The number of rotatable bonds is 4. The van der Waals surface area contributed by atoms with E-state index >= 15 is 0 Å². The van der Waals surface area contributed by atoms with E-state index in [9.17, 15) is 18.0 Å². The predicted molar refractivity (Wildman–Crippen MR) is 124 cm³/mol. The molecule has 0 spiro atoms. The number of halogens is 4. The van der Waals surface area contributed by atoms with Crippen LogP contribution in [-0.2, 0) is 30.5 Å². The van der Waals surface area contributed by atoms with Gasteiger partial charge in [-0.3, -0.25) is 9.78 Å². The van der Waals surface area contributed by atoms with Crippen LogP contribution in [0.25, 0.3) is 0 Å². The molecule has 0 radical (unpaired) electrons. The molecule has 2 heterocycles. The van der Waals surface area contributed by atoms with Gasteiger partial charge in [0.2, 0.25) is 5.91 Å². The summed E-state index contributed by atoms with van der Waals surface area (Å²) >= 11 is 6.39. The van der Waals surface area contributed by atoms with Crippen LogP contribution in [0.15, 0.2) is 30.5 Å². The van der Waals surface area contributed by atoms with Crippen molar-refractivity contribution in [1.82, 2.24) is 15.2 Å². The lowest BCUT2D eigenvalue weighted by atomic mass is 9.78. The molecule has 3 atom stereocenters. The van der Waals surface area contributed by atoms with Gasteiger partial charge in [-0.25, -0.2) is 0 Å². The quantitative estimate of drug-likeness (QED) is 0.598. The van der Waals surface area contributed by atoms with Crippen molar-refractivity contribution in [2.45, 2.75) is 70.8 Å². The lowest BCUT2D eigenvalue weighted by molar-refractivity contribution is -0.144. The van der Waals surface area contributed by atoms with Crippen LogP contribution in [0.2, 0.25) is 5.02 Å².